The summed E-state index contributed by atoms with van der Waals surface area (Å²) in [6.45, 7) is 0.388. The molecule has 0 spiro atoms. The number of nitrogens with zero attached hydrogens (tertiary/aromatic N) is 2. The van der Waals surface area contributed by atoms with Crippen molar-refractivity contribution in [3.63, 3.8) is 0 Å². The van der Waals surface area contributed by atoms with E-state index in [4.69, 9.17) is 5.73 Å². The van der Waals surface area contributed by atoms with Crippen LogP contribution in [0.15, 0.2) is 36.8 Å². The highest BCUT2D eigenvalue weighted by atomic mass is 19.4. The Labute approximate surface area is 108 Å². The van der Waals surface area contributed by atoms with Crippen molar-refractivity contribution in [2.24, 2.45) is 5.73 Å². The van der Waals surface area contributed by atoms with Crippen LogP contribution in [0, 0.1) is 0 Å². The number of nitrogens with two attached hydrogens (primary N) is 1. The van der Waals surface area contributed by atoms with E-state index in [1.807, 2.05) is 0 Å². The van der Waals surface area contributed by atoms with Gasteiger partial charge in [0.2, 0.25) is 0 Å². The second kappa shape index (κ2) is 5.36. The fraction of sp³-hybridized carbons (Fsp3) is 0.231. The molecule has 0 radical (unpaired) electrons. The number of hydrogen-bond acceptors (Lipinski definition) is 3. The van der Waals surface area contributed by atoms with E-state index in [0.29, 0.717) is 24.2 Å². The van der Waals surface area contributed by atoms with Crippen LogP contribution in [-0.2, 0) is 12.6 Å². The molecule has 100 valence electrons. The Morgan fingerprint density at radius 2 is 2.00 bits per heavy atom. The third kappa shape index (κ3) is 3.08. The quantitative estimate of drug-likeness (QED) is 0.930. The standard InChI is InChI=1S/C13H12F3N3/c14-13(15,16)11-3-1-2-9(6-11)12-10(4-5-17)7-18-8-19-12/h1-3,6-8H,4-5,17H2. The summed E-state index contributed by atoms with van der Waals surface area (Å²) in [7, 11) is 0. The lowest BCUT2D eigenvalue weighted by atomic mass is 10.0. The maximum absolute atomic E-state index is 12.7. The molecule has 6 heteroatoms. The highest BCUT2D eigenvalue weighted by molar-refractivity contribution is 5.63. The molecule has 0 atom stereocenters. The van der Waals surface area contributed by atoms with E-state index in [1.54, 1.807) is 12.3 Å². The summed E-state index contributed by atoms with van der Waals surface area (Å²) < 4.78 is 38.0. The van der Waals surface area contributed by atoms with Gasteiger partial charge < -0.3 is 5.73 Å². The summed E-state index contributed by atoms with van der Waals surface area (Å²) in [5.41, 5.74) is 6.43. The van der Waals surface area contributed by atoms with Gasteiger partial charge in [0.05, 0.1) is 11.3 Å². The Morgan fingerprint density at radius 3 is 2.68 bits per heavy atom. The lowest BCUT2D eigenvalue weighted by molar-refractivity contribution is -0.137. The maximum Gasteiger partial charge on any atom is 0.416 e. The highest BCUT2D eigenvalue weighted by Gasteiger charge is 2.30. The first-order valence-corrected chi connectivity index (χ1v) is 5.69. The minimum Gasteiger partial charge on any atom is -0.330 e. The molecule has 2 rings (SSSR count). The van der Waals surface area contributed by atoms with Crippen LogP contribution in [-0.4, -0.2) is 16.5 Å². The van der Waals surface area contributed by atoms with Crippen LogP contribution in [0.3, 0.4) is 0 Å². The second-order valence-electron chi connectivity index (χ2n) is 4.01. The predicted molar refractivity (Wildman–Crippen MR) is 65.2 cm³/mol. The zero-order chi connectivity index (χ0) is 13.9. The van der Waals surface area contributed by atoms with E-state index >= 15 is 0 Å². The number of halogens is 3. The largest absolute Gasteiger partial charge is 0.416 e. The highest BCUT2D eigenvalue weighted by Crippen LogP contribution is 2.32. The van der Waals surface area contributed by atoms with Crippen LogP contribution >= 0.6 is 0 Å². The molecule has 0 aliphatic carbocycles. The van der Waals surface area contributed by atoms with Crippen LogP contribution in [0.25, 0.3) is 11.3 Å². The lowest BCUT2D eigenvalue weighted by Gasteiger charge is -2.10. The minimum absolute atomic E-state index is 0.388. The van der Waals surface area contributed by atoms with Crippen molar-refractivity contribution in [1.29, 1.82) is 0 Å². The summed E-state index contributed by atoms with van der Waals surface area (Å²) in [5.74, 6) is 0. The monoisotopic (exact) mass is 267 g/mol. The molecule has 0 unspecified atom stereocenters. The summed E-state index contributed by atoms with van der Waals surface area (Å²) >= 11 is 0. The van der Waals surface area contributed by atoms with E-state index in [0.717, 1.165) is 17.7 Å². The molecule has 1 heterocycles. The van der Waals surface area contributed by atoms with Gasteiger partial charge >= 0.3 is 6.18 Å². The predicted octanol–water partition coefficient (Wildman–Crippen LogP) is 2.66. The van der Waals surface area contributed by atoms with Crippen molar-refractivity contribution in [2.75, 3.05) is 6.54 Å². The summed E-state index contributed by atoms with van der Waals surface area (Å²) in [4.78, 5) is 7.93. The number of hydrogen-bond donors (Lipinski definition) is 1. The Bertz CT molecular complexity index is 567. The average molecular weight is 267 g/mol. The Kier molecular flexibility index (Phi) is 3.80. The first-order valence-electron chi connectivity index (χ1n) is 5.69. The molecule has 1 aromatic carbocycles. The fourth-order valence-electron chi connectivity index (χ4n) is 1.80. The van der Waals surface area contributed by atoms with Gasteiger partial charge in [-0.05, 0) is 30.7 Å². The normalized spacial score (nSPS) is 11.6. The molecule has 2 N–H and O–H groups in total. The van der Waals surface area contributed by atoms with Crippen molar-refractivity contribution in [3.05, 3.63) is 47.9 Å². The summed E-state index contributed by atoms with van der Waals surface area (Å²) in [6.07, 6.45) is -0.950. The van der Waals surface area contributed by atoms with Gasteiger partial charge in [-0.3, -0.25) is 0 Å². The van der Waals surface area contributed by atoms with Crippen molar-refractivity contribution >= 4 is 0 Å². The molecule has 0 amide bonds. The summed E-state index contributed by atoms with van der Waals surface area (Å²) in [6, 6.07) is 5.08. The fourth-order valence-corrected chi connectivity index (χ4v) is 1.80. The average Bonchev–Trinajstić information content (AvgIpc) is 2.39. The molecule has 19 heavy (non-hydrogen) atoms. The maximum atomic E-state index is 12.7. The van der Waals surface area contributed by atoms with Crippen LogP contribution in [0.4, 0.5) is 13.2 Å². The Balaban J connectivity index is 2.48. The van der Waals surface area contributed by atoms with Gasteiger partial charge in [0.15, 0.2) is 0 Å². The molecule has 2 aromatic rings. The van der Waals surface area contributed by atoms with Crippen LogP contribution < -0.4 is 5.73 Å². The molecule has 0 saturated carbocycles. The zero-order valence-electron chi connectivity index (χ0n) is 9.98. The van der Waals surface area contributed by atoms with Gasteiger partial charge in [0.1, 0.15) is 6.33 Å². The first kappa shape index (κ1) is 13.5. The SMILES string of the molecule is NCCc1cncnc1-c1cccc(C(F)(F)F)c1. The molecule has 0 saturated heterocycles. The lowest BCUT2D eigenvalue weighted by Crippen LogP contribution is -2.07. The number of alkyl halides is 3. The topological polar surface area (TPSA) is 51.8 Å². The summed E-state index contributed by atoms with van der Waals surface area (Å²) in [5, 5.41) is 0. The minimum atomic E-state index is -4.36. The van der Waals surface area contributed by atoms with Crippen LogP contribution in [0.5, 0.6) is 0 Å². The van der Waals surface area contributed by atoms with Gasteiger partial charge in [-0.2, -0.15) is 13.2 Å². The number of aromatic nitrogens is 2. The molecule has 0 aliphatic heterocycles. The van der Waals surface area contributed by atoms with Crippen LogP contribution in [0.1, 0.15) is 11.1 Å². The van der Waals surface area contributed by atoms with E-state index in [9.17, 15) is 13.2 Å². The molecule has 1 aromatic heterocycles. The van der Waals surface area contributed by atoms with E-state index in [2.05, 4.69) is 9.97 Å². The molecular formula is C13H12F3N3. The van der Waals surface area contributed by atoms with Crippen molar-refractivity contribution < 1.29 is 13.2 Å². The van der Waals surface area contributed by atoms with Crippen molar-refractivity contribution in [3.8, 4) is 11.3 Å². The van der Waals surface area contributed by atoms with Gasteiger partial charge in [0, 0.05) is 11.8 Å². The number of rotatable bonds is 3. The molecule has 0 aliphatic rings. The smallest absolute Gasteiger partial charge is 0.330 e. The zero-order valence-corrected chi connectivity index (χ0v) is 9.98. The first-order chi connectivity index (χ1) is 9.02. The number of benzene rings is 1. The van der Waals surface area contributed by atoms with Crippen molar-refractivity contribution in [1.82, 2.24) is 9.97 Å². The van der Waals surface area contributed by atoms with Gasteiger partial charge in [-0.25, -0.2) is 9.97 Å². The molecular weight excluding hydrogens is 255 g/mol. The molecule has 3 nitrogen and oxygen atoms in total. The third-order valence-electron chi connectivity index (χ3n) is 2.67. The Morgan fingerprint density at radius 1 is 1.21 bits per heavy atom. The van der Waals surface area contributed by atoms with Crippen molar-refractivity contribution in [2.45, 2.75) is 12.6 Å². The van der Waals surface area contributed by atoms with Crippen LogP contribution in [0.2, 0.25) is 0 Å². The van der Waals surface area contributed by atoms with E-state index < -0.39 is 11.7 Å². The molecule has 0 bridgehead atoms. The van der Waals surface area contributed by atoms with Gasteiger partial charge in [-0.15, -0.1) is 0 Å². The van der Waals surface area contributed by atoms with E-state index in [-0.39, 0.29) is 0 Å². The third-order valence-corrected chi connectivity index (χ3v) is 2.67. The van der Waals surface area contributed by atoms with Gasteiger partial charge in [-0.1, -0.05) is 12.1 Å². The molecule has 0 fully saturated rings. The second-order valence-corrected chi connectivity index (χ2v) is 4.01. The van der Waals surface area contributed by atoms with Gasteiger partial charge in [0.25, 0.3) is 0 Å². The Hall–Kier alpha value is -1.95. The van der Waals surface area contributed by atoms with E-state index in [1.165, 1.54) is 12.4 Å².